The monoisotopic (exact) mass is 396 g/mol. The third kappa shape index (κ3) is 4.54. The first kappa shape index (κ1) is 18.1. The first-order chi connectivity index (χ1) is 13.3. The van der Waals surface area contributed by atoms with E-state index < -0.39 is 0 Å². The lowest BCUT2D eigenvalue weighted by atomic mass is 10.2. The lowest BCUT2D eigenvalue weighted by Crippen LogP contribution is -2.46. The molecule has 4 rings (SSSR count). The van der Waals surface area contributed by atoms with Gasteiger partial charge in [-0.15, -0.1) is 11.8 Å². The highest BCUT2D eigenvalue weighted by Crippen LogP contribution is 2.27. The SMILES string of the molecule is Clc1ccccc1CSc1cc(N2CCN(c3ccccc3)CC2)ncn1. The van der Waals surface area contributed by atoms with Crippen molar-refractivity contribution in [3.8, 4) is 0 Å². The lowest BCUT2D eigenvalue weighted by Gasteiger charge is -2.36. The number of thioether (sulfide) groups is 1. The van der Waals surface area contributed by atoms with Crippen molar-refractivity contribution in [2.45, 2.75) is 10.8 Å². The van der Waals surface area contributed by atoms with Crippen molar-refractivity contribution < 1.29 is 0 Å². The molecule has 0 spiro atoms. The molecular weight excluding hydrogens is 376 g/mol. The van der Waals surface area contributed by atoms with Crippen molar-refractivity contribution in [2.24, 2.45) is 0 Å². The highest BCUT2D eigenvalue weighted by atomic mass is 35.5. The molecule has 0 amide bonds. The van der Waals surface area contributed by atoms with Crippen LogP contribution in [-0.2, 0) is 5.75 Å². The van der Waals surface area contributed by atoms with Crippen molar-refractivity contribution in [3.63, 3.8) is 0 Å². The minimum Gasteiger partial charge on any atom is -0.368 e. The molecule has 1 saturated heterocycles. The summed E-state index contributed by atoms with van der Waals surface area (Å²) in [7, 11) is 0. The molecule has 1 fully saturated rings. The molecule has 2 heterocycles. The van der Waals surface area contributed by atoms with Gasteiger partial charge < -0.3 is 9.80 Å². The smallest absolute Gasteiger partial charge is 0.133 e. The molecule has 3 aromatic rings. The molecule has 1 aromatic heterocycles. The maximum Gasteiger partial charge on any atom is 0.133 e. The fraction of sp³-hybridized carbons (Fsp3) is 0.238. The van der Waals surface area contributed by atoms with Crippen LogP contribution in [0, 0.1) is 0 Å². The number of rotatable bonds is 5. The number of nitrogens with zero attached hydrogens (tertiary/aromatic N) is 4. The molecule has 0 unspecified atom stereocenters. The van der Waals surface area contributed by atoms with Crippen LogP contribution in [0.1, 0.15) is 5.56 Å². The van der Waals surface area contributed by atoms with Crippen LogP contribution in [0.4, 0.5) is 11.5 Å². The van der Waals surface area contributed by atoms with Gasteiger partial charge >= 0.3 is 0 Å². The molecule has 0 N–H and O–H groups in total. The van der Waals surface area contributed by atoms with Crippen molar-refractivity contribution in [3.05, 3.63) is 77.6 Å². The molecule has 138 valence electrons. The van der Waals surface area contributed by atoms with Crippen LogP contribution in [0.3, 0.4) is 0 Å². The van der Waals surface area contributed by atoms with Gasteiger partial charge in [0.05, 0.1) is 0 Å². The zero-order valence-electron chi connectivity index (χ0n) is 15.0. The second kappa shape index (κ2) is 8.63. The topological polar surface area (TPSA) is 32.3 Å². The number of anilines is 2. The molecule has 0 bridgehead atoms. The van der Waals surface area contributed by atoms with Crippen LogP contribution in [0.15, 0.2) is 72.0 Å². The Morgan fingerprint density at radius 1 is 0.852 bits per heavy atom. The van der Waals surface area contributed by atoms with Gasteiger partial charge in [0, 0.05) is 48.7 Å². The summed E-state index contributed by atoms with van der Waals surface area (Å²) >= 11 is 7.94. The number of hydrogen-bond donors (Lipinski definition) is 0. The van der Waals surface area contributed by atoms with Gasteiger partial charge in [0.15, 0.2) is 0 Å². The van der Waals surface area contributed by atoms with E-state index in [0.29, 0.717) is 0 Å². The van der Waals surface area contributed by atoms with E-state index >= 15 is 0 Å². The van der Waals surface area contributed by atoms with Crippen LogP contribution in [0.25, 0.3) is 0 Å². The van der Waals surface area contributed by atoms with E-state index in [-0.39, 0.29) is 0 Å². The first-order valence-electron chi connectivity index (χ1n) is 9.03. The second-order valence-corrected chi connectivity index (χ2v) is 7.81. The van der Waals surface area contributed by atoms with Gasteiger partial charge in [0.2, 0.25) is 0 Å². The summed E-state index contributed by atoms with van der Waals surface area (Å²) in [4.78, 5) is 13.7. The number of halogens is 1. The van der Waals surface area contributed by atoms with Gasteiger partial charge in [-0.05, 0) is 23.8 Å². The fourth-order valence-electron chi connectivity index (χ4n) is 3.18. The van der Waals surface area contributed by atoms with E-state index in [1.165, 1.54) is 5.69 Å². The average molecular weight is 397 g/mol. The van der Waals surface area contributed by atoms with Crippen LogP contribution in [-0.4, -0.2) is 36.1 Å². The highest BCUT2D eigenvalue weighted by molar-refractivity contribution is 7.98. The van der Waals surface area contributed by atoms with Gasteiger partial charge in [-0.25, -0.2) is 9.97 Å². The minimum atomic E-state index is 0.802. The summed E-state index contributed by atoms with van der Waals surface area (Å²) in [6, 6.07) is 20.6. The summed E-state index contributed by atoms with van der Waals surface area (Å²) in [6.07, 6.45) is 1.66. The molecule has 27 heavy (non-hydrogen) atoms. The number of piperazine rings is 1. The van der Waals surface area contributed by atoms with Gasteiger partial charge in [-0.3, -0.25) is 0 Å². The second-order valence-electron chi connectivity index (χ2n) is 6.40. The Morgan fingerprint density at radius 3 is 2.33 bits per heavy atom. The molecule has 0 radical (unpaired) electrons. The Bertz CT molecular complexity index is 882. The molecular formula is C21H21ClN4S. The lowest BCUT2D eigenvalue weighted by molar-refractivity contribution is 0.645. The van der Waals surface area contributed by atoms with E-state index in [2.05, 4.69) is 62.2 Å². The predicted octanol–water partition coefficient (Wildman–Crippen LogP) is 4.75. The summed E-state index contributed by atoms with van der Waals surface area (Å²) < 4.78 is 0. The van der Waals surface area contributed by atoms with Crippen molar-refractivity contribution in [1.82, 2.24) is 9.97 Å². The fourth-order valence-corrected chi connectivity index (χ4v) is 4.33. The molecule has 1 aliphatic rings. The van der Waals surface area contributed by atoms with Gasteiger partial charge in [0.25, 0.3) is 0 Å². The Morgan fingerprint density at radius 2 is 1.56 bits per heavy atom. The molecule has 0 aliphatic carbocycles. The Balaban J connectivity index is 1.37. The van der Waals surface area contributed by atoms with Crippen LogP contribution in [0.2, 0.25) is 5.02 Å². The molecule has 1 aliphatic heterocycles. The summed E-state index contributed by atoms with van der Waals surface area (Å²) in [6.45, 7) is 3.91. The van der Waals surface area contributed by atoms with Crippen LogP contribution in [0.5, 0.6) is 0 Å². The first-order valence-corrected chi connectivity index (χ1v) is 10.4. The third-order valence-corrected chi connectivity index (χ3v) is 6.03. The molecule has 2 aromatic carbocycles. The highest BCUT2D eigenvalue weighted by Gasteiger charge is 2.18. The largest absolute Gasteiger partial charge is 0.368 e. The Labute approximate surface area is 169 Å². The quantitative estimate of drug-likeness (QED) is 0.459. The van der Waals surface area contributed by atoms with Crippen molar-refractivity contribution in [1.29, 1.82) is 0 Å². The third-order valence-electron chi connectivity index (χ3n) is 4.69. The van der Waals surface area contributed by atoms with E-state index in [9.17, 15) is 0 Å². The van der Waals surface area contributed by atoms with Crippen molar-refractivity contribution >= 4 is 34.9 Å². The number of aromatic nitrogens is 2. The maximum absolute atomic E-state index is 6.25. The van der Waals surface area contributed by atoms with Gasteiger partial charge in [-0.1, -0.05) is 48.0 Å². The van der Waals surface area contributed by atoms with Gasteiger partial charge in [0.1, 0.15) is 17.2 Å². The Hall–Kier alpha value is -2.24. The molecule has 0 atom stereocenters. The summed E-state index contributed by atoms with van der Waals surface area (Å²) in [5.74, 6) is 1.80. The standard InChI is InChI=1S/C21H21ClN4S/c22-19-9-5-4-6-17(19)15-27-21-14-20(23-16-24-21)26-12-10-25(11-13-26)18-7-2-1-3-8-18/h1-9,14,16H,10-13,15H2. The zero-order valence-corrected chi connectivity index (χ0v) is 16.5. The van der Waals surface area contributed by atoms with Crippen LogP contribution >= 0.6 is 23.4 Å². The zero-order chi connectivity index (χ0) is 18.5. The normalized spacial score (nSPS) is 14.4. The molecule has 6 heteroatoms. The van der Waals surface area contributed by atoms with Gasteiger partial charge in [-0.2, -0.15) is 0 Å². The number of hydrogen-bond acceptors (Lipinski definition) is 5. The number of benzene rings is 2. The van der Waals surface area contributed by atoms with Crippen LogP contribution < -0.4 is 9.80 Å². The van der Waals surface area contributed by atoms with Crippen molar-refractivity contribution in [2.75, 3.05) is 36.0 Å². The molecule has 4 nitrogen and oxygen atoms in total. The van der Waals surface area contributed by atoms with E-state index in [1.54, 1.807) is 18.1 Å². The summed E-state index contributed by atoms with van der Waals surface area (Å²) in [5.41, 5.74) is 2.41. The minimum absolute atomic E-state index is 0.802. The molecule has 0 saturated carbocycles. The Kier molecular flexibility index (Phi) is 5.80. The van der Waals surface area contributed by atoms with E-state index in [1.807, 2.05) is 18.2 Å². The number of para-hydroxylation sites is 1. The van der Waals surface area contributed by atoms with E-state index in [0.717, 1.165) is 53.4 Å². The van der Waals surface area contributed by atoms with E-state index in [4.69, 9.17) is 11.6 Å². The maximum atomic E-state index is 6.25. The predicted molar refractivity (Wildman–Crippen MR) is 114 cm³/mol. The average Bonchev–Trinajstić information content (AvgIpc) is 2.74. The summed E-state index contributed by atoms with van der Waals surface area (Å²) in [5, 5.41) is 1.78.